The molecule has 0 saturated carbocycles. The van der Waals surface area contributed by atoms with E-state index in [1.165, 1.54) is 12.1 Å². The first-order chi connectivity index (χ1) is 11.9. The van der Waals surface area contributed by atoms with E-state index in [1.807, 2.05) is 30.0 Å². The lowest BCUT2D eigenvalue weighted by molar-refractivity contribution is -0.138. The second-order valence-electron chi connectivity index (χ2n) is 6.73. The van der Waals surface area contributed by atoms with E-state index in [-0.39, 0.29) is 24.1 Å². The molecule has 0 aromatic heterocycles. The van der Waals surface area contributed by atoms with E-state index in [4.69, 9.17) is 0 Å². The van der Waals surface area contributed by atoms with E-state index in [0.717, 1.165) is 12.1 Å². The van der Waals surface area contributed by atoms with Crippen LogP contribution in [0.1, 0.15) is 12.0 Å². The van der Waals surface area contributed by atoms with Gasteiger partial charge in [0.05, 0.1) is 12.5 Å². The molecule has 0 unspecified atom stereocenters. The van der Waals surface area contributed by atoms with Gasteiger partial charge in [0.15, 0.2) is 0 Å². The van der Waals surface area contributed by atoms with Gasteiger partial charge >= 0.3 is 0 Å². The van der Waals surface area contributed by atoms with Gasteiger partial charge < -0.3 is 15.1 Å². The number of carbonyl (C=O) groups excluding carboxylic acids is 2. The summed E-state index contributed by atoms with van der Waals surface area (Å²) < 4.78 is 13.4. The fourth-order valence-electron chi connectivity index (χ4n) is 2.84. The average molecular weight is 350 g/mol. The first-order valence-electron chi connectivity index (χ1n) is 8.51. The van der Waals surface area contributed by atoms with Gasteiger partial charge in [0, 0.05) is 39.8 Å². The fourth-order valence-corrected chi connectivity index (χ4v) is 2.84. The maximum absolute atomic E-state index is 13.4. The molecule has 25 heavy (non-hydrogen) atoms. The van der Waals surface area contributed by atoms with Crippen molar-refractivity contribution in [2.24, 2.45) is 0 Å². The highest BCUT2D eigenvalue weighted by Gasteiger charge is 2.32. The third-order valence-corrected chi connectivity index (χ3v) is 4.39. The summed E-state index contributed by atoms with van der Waals surface area (Å²) in [5.74, 6) is -0.500. The summed E-state index contributed by atoms with van der Waals surface area (Å²) in [5.41, 5.74) is 0.799. The van der Waals surface area contributed by atoms with E-state index < -0.39 is 6.04 Å². The molecule has 1 aromatic carbocycles. The average Bonchev–Trinajstić information content (AvgIpc) is 2.55. The van der Waals surface area contributed by atoms with Gasteiger partial charge in [-0.2, -0.15) is 0 Å². The van der Waals surface area contributed by atoms with Gasteiger partial charge in [-0.25, -0.2) is 4.39 Å². The molecule has 7 heteroatoms. The van der Waals surface area contributed by atoms with Crippen LogP contribution in [0.5, 0.6) is 0 Å². The topological polar surface area (TPSA) is 55.9 Å². The van der Waals surface area contributed by atoms with Crippen molar-refractivity contribution in [1.29, 1.82) is 0 Å². The number of piperazine rings is 1. The van der Waals surface area contributed by atoms with Crippen LogP contribution in [0.2, 0.25) is 0 Å². The second kappa shape index (κ2) is 8.92. The largest absolute Gasteiger partial charge is 0.353 e. The molecule has 0 bridgehead atoms. The lowest BCUT2D eigenvalue weighted by Gasteiger charge is -2.35. The Labute approximate surface area is 148 Å². The number of hydrogen-bond acceptors (Lipinski definition) is 4. The molecule has 0 spiro atoms. The third-order valence-electron chi connectivity index (χ3n) is 4.39. The van der Waals surface area contributed by atoms with Crippen molar-refractivity contribution in [3.8, 4) is 0 Å². The first kappa shape index (κ1) is 19.3. The molecule has 1 aliphatic rings. The number of likely N-dealkylation sites (N-methyl/N-ethyl adjacent to an activating group) is 2. The van der Waals surface area contributed by atoms with Gasteiger partial charge in [-0.3, -0.25) is 14.5 Å². The summed E-state index contributed by atoms with van der Waals surface area (Å²) in [6, 6.07) is 5.83. The minimum absolute atomic E-state index is 0.0619. The molecule has 0 radical (unpaired) electrons. The zero-order valence-electron chi connectivity index (χ0n) is 15.2. The molecule has 1 fully saturated rings. The third kappa shape index (κ3) is 5.79. The Hall–Kier alpha value is -1.99. The van der Waals surface area contributed by atoms with Crippen molar-refractivity contribution >= 4 is 11.8 Å². The standard InChI is InChI=1S/C18H27FN4O2/c1-21(2)9-10-22(3)17(24)12-16-18(25)20-7-8-23(16)13-14-5-4-6-15(19)11-14/h4-6,11,16H,7-10,12-13H2,1-3H3,(H,20,25)/t16-/m0/s1. The summed E-state index contributed by atoms with van der Waals surface area (Å²) in [5, 5.41) is 2.82. The van der Waals surface area contributed by atoms with E-state index in [9.17, 15) is 14.0 Å². The lowest BCUT2D eigenvalue weighted by Crippen LogP contribution is -2.56. The highest BCUT2D eigenvalue weighted by molar-refractivity contribution is 5.88. The monoisotopic (exact) mass is 350 g/mol. The van der Waals surface area contributed by atoms with Gasteiger partial charge in [-0.05, 0) is 31.8 Å². The van der Waals surface area contributed by atoms with E-state index >= 15 is 0 Å². The Bertz CT molecular complexity index is 608. The van der Waals surface area contributed by atoms with Gasteiger partial charge in [-0.15, -0.1) is 0 Å². The van der Waals surface area contributed by atoms with Crippen molar-refractivity contribution < 1.29 is 14.0 Å². The number of carbonyl (C=O) groups is 2. The van der Waals surface area contributed by atoms with Crippen LogP contribution >= 0.6 is 0 Å². The van der Waals surface area contributed by atoms with Crippen LogP contribution in [0.4, 0.5) is 4.39 Å². The van der Waals surface area contributed by atoms with Crippen LogP contribution in [-0.4, -0.2) is 79.9 Å². The number of rotatable bonds is 7. The predicted molar refractivity (Wildman–Crippen MR) is 94.4 cm³/mol. The quantitative estimate of drug-likeness (QED) is 0.780. The van der Waals surface area contributed by atoms with Crippen LogP contribution in [0.25, 0.3) is 0 Å². The minimum Gasteiger partial charge on any atom is -0.353 e. The van der Waals surface area contributed by atoms with Crippen molar-refractivity contribution in [3.63, 3.8) is 0 Å². The molecule has 1 aliphatic heterocycles. The van der Waals surface area contributed by atoms with Crippen molar-refractivity contribution in [2.45, 2.75) is 19.0 Å². The van der Waals surface area contributed by atoms with Crippen LogP contribution in [0.15, 0.2) is 24.3 Å². The molecule has 6 nitrogen and oxygen atoms in total. The van der Waals surface area contributed by atoms with E-state index in [1.54, 1.807) is 18.0 Å². The maximum Gasteiger partial charge on any atom is 0.237 e. The Morgan fingerprint density at radius 1 is 1.32 bits per heavy atom. The summed E-state index contributed by atoms with van der Waals surface area (Å²) in [4.78, 5) is 30.4. The molecular weight excluding hydrogens is 323 g/mol. The molecule has 138 valence electrons. The summed E-state index contributed by atoms with van der Waals surface area (Å²) in [6.07, 6.45) is 0.130. The number of nitrogens with one attached hydrogen (secondary N) is 1. The molecule has 1 heterocycles. The maximum atomic E-state index is 13.4. The second-order valence-corrected chi connectivity index (χ2v) is 6.73. The highest BCUT2D eigenvalue weighted by Crippen LogP contribution is 2.15. The van der Waals surface area contributed by atoms with Crippen molar-refractivity contribution in [1.82, 2.24) is 20.0 Å². The molecule has 1 aromatic rings. The smallest absolute Gasteiger partial charge is 0.237 e. The summed E-state index contributed by atoms with van der Waals surface area (Å²) >= 11 is 0. The van der Waals surface area contributed by atoms with Gasteiger partial charge in [-0.1, -0.05) is 12.1 Å². The molecule has 1 atom stereocenters. The normalized spacial score (nSPS) is 18.3. The van der Waals surface area contributed by atoms with Gasteiger partial charge in [0.1, 0.15) is 5.82 Å². The number of halogens is 1. The highest BCUT2D eigenvalue weighted by atomic mass is 19.1. The Morgan fingerprint density at radius 2 is 2.08 bits per heavy atom. The number of benzene rings is 1. The minimum atomic E-state index is -0.522. The Balaban J connectivity index is 2.01. The first-order valence-corrected chi connectivity index (χ1v) is 8.51. The number of amides is 2. The van der Waals surface area contributed by atoms with Crippen LogP contribution in [-0.2, 0) is 16.1 Å². The fraction of sp³-hybridized carbons (Fsp3) is 0.556. The molecular formula is C18H27FN4O2. The van der Waals surface area contributed by atoms with Crippen LogP contribution in [0.3, 0.4) is 0 Å². The van der Waals surface area contributed by atoms with E-state index in [0.29, 0.717) is 26.2 Å². The van der Waals surface area contributed by atoms with Crippen LogP contribution in [0, 0.1) is 5.82 Å². The van der Waals surface area contributed by atoms with Gasteiger partial charge in [0.2, 0.25) is 11.8 Å². The Morgan fingerprint density at radius 3 is 2.76 bits per heavy atom. The summed E-state index contributed by atoms with van der Waals surface area (Å²) in [7, 11) is 5.66. The molecule has 1 saturated heterocycles. The lowest BCUT2D eigenvalue weighted by atomic mass is 10.1. The van der Waals surface area contributed by atoms with Crippen LogP contribution < -0.4 is 5.32 Å². The van der Waals surface area contributed by atoms with Gasteiger partial charge in [0.25, 0.3) is 0 Å². The number of hydrogen-bond donors (Lipinski definition) is 1. The SMILES string of the molecule is CN(C)CCN(C)C(=O)C[C@H]1C(=O)NCCN1Cc1cccc(F)c1. The molecule has 2 amide bonds. The molecule has 0 aliphatic carbocycles. The Kier molecular flexibility index (Phi) is 6.90. The van der Waals surface area contributed by atoms with E-state index in [2.05, 4.69) is 5.32 Å². The summed E-state index contributed by atoms with van der Waals surface area (Å²) in [6.45, 7) is 3.01. The zero-order chi connectivity index (χ0) is 18.4. The number of nitrogens with zero attached hydrogens (tertiary/aromatic N) is 3. The predicted octanol–water partition coefficient (Wildman–Crippen LogP) is 0.536. The van der Waals surface area contributed by atoms with Crippen molar-refractivity contribution in [2.75, 3.05) is 47.3 Å². The van der Waals surface area contributed by atoms with Crippen molar-refractivity contribution in [3.05, 3.63) is 35.6 Å². The molecule has 1 N–H and O–H groups in total. The molecule has 2 rings (SSSR count). The zero-order valence-corrected chi connectivity index (χ0v) is 15.2.